The van der Waals surface area contributed by atoms with E-state index in [9.17, 15) is 0 Å². The average Bonchev–Trinajstić information content (AvgIpc) is 2.90. The summed E-state index contributed by atoms with van der Waals surface area (Å²) in [4.78, 5) is 9.93. The maximum absolute atomic E-state index is 4.82. The first-order valence-corrected chi connectivity index (χ1v) is 8.26. The summed E-state index contributed by atoms with van der Waals surface area (Å²) in [5.41, 5.74) is 5.21. The highest BCUT2D eigenvalue weighted by Gasteiger charge is 2.03. The summed E-state index contributed by atoms with van der Waals surface area (Å²) in [7, 11) is 0. The molecule has 0 unspecified atom stereocenters. The van der Waals surface area contributed by atoms with Gasteiger partial charge in [-0.25, -0.2) is 9.67 Å². The van der Waals surface area contributed by atoms with Crippen LogP contribution in [0.5, 0.6) is 0 Å². The summed E-state index contributed by atoms with van der Waals surface area (Å²) in [6.45, 7) is 6.18. The fourth-order valence-electron chi connectivity index (χ4n) is 2.25. The van der Waals surface area contributed by atoms with Crippen LogP contribution >= 0.6 is 11.3 Å². The molecular weight excluding hydrogens is 304 g/mol. The van der Waals surface area contributed by atoms with E-state index in [4.69, 9.17) is 4.99 Å². The highest BCUT2D eigenvalue weighted by Crippen LogP contribution is 2.22. The second kappa shape index (κ2) is 6.71. The maximum atomic E-state index is 4.82. The zero-order chi connectivity index (χ0) is 16.2. The predicted octanol–water partition coefficient (Wildman–Crippen LogP) is 3.98. The summed E-state index contributed by atoms with van der Waals surface area (Å²) in [5, 5.41) is 6.60. The van der Waals surface area contributed by atoms with E-state index in [1.165, 1.54) is 0 Å². The Kier molecular flexibility index (Phi) is 4.48. The molecule has 23 heavy (non-hydrogen) atoms. The molecule has 0 saturated heterocycles. The van der Waals surface area contributed by atoms with Crippen LogP contribution in [0.15, 0.2) is 58.1 Å². The average molecular weight is 322 g/mol. The van der Waals surface area contributed by atoms with Gasteiger partial charge in [0.25, 0.3) is 0 Å². The van der Waals surface area contributed by atoms with Gasteiger partial charge < -0.3 is 0 Å². The SMILES string of the molecule is Cc1cccc(C)c1N=c1scc(C)n1N=Cc1ccccn1. The quantitative estimate of drug-likeness (QED) is 0.672. The third-order valence-corrected chi connectivity index (χ3v) is 4.42. The van der Waals surface area contributed by atoms with Crippen LogP contribution in [0.1, 0.15) is 22.5 Å². The van der Waals surface area contributed by atoms with E-state index in [1.807, 2.05) is 29.8 Å². The van der Waals surface area contributed by atoms with Crippen LogP contribution < -0.4 is 4.80 Å². The molecule has 0 bridgehead atoms. The molecule has 1 aromatic carbocycles. The minimum atomic E-state index is 0.823. The molecule has 116 valence electrons. The van der Waals surface area contributed by atoms with Crippen LogP contribution in [0.2, 0.25) is 0 Å². The minimum Gasteiger partial charge on any atom is -0.255 e. The molecule has 0 N–H and O–H groups in total. The summed E-state index contributed by atoms with van der Waals surface area (Å²) < 4.78 is 1.85. The summed E-state index contributed by atoms with van der Waals surface area (Å²) in [5.74, 6) is 0. The first-order valence-electron chi connectivity index (χ1n) is 7.38. The van der Waals surface area contributed by atoms with Crippen molar-refractivity contribution in [1.29, 1.82) is 0 Å². The van der Waals surface area contributed by atoms with Crippen LogP contribution in [0.4, 0.5) is 5.69 Å². The lowest BCUT2D eigenvalue weighted by atomic mass is 10.1. The normalized spacial score (nSPS) is 12.2. The van der Waals surface area contributed by atoms with Gasteiger partial charge in [-0.05, 0) is 44.0 Å². The van der Waals surface area contributed by atoms with Crippen molar-refractivity contribution >= 4 is 23.2 Å². The molecule has 0 spiro atoms. The summed E-state index contributed by atoms with van der Waals surface area (Å²) in [6, 6.07) is 12.0. The van der Waals surface area contributed by atoms with Crippen molar-refractivity contribution in [2.24, 2.45) is 10.1 Å². The van der Waals surface area contributed by atoms with Crippen molar-refractivity contribution < 1.29 is 0 Å². The highest BCUT2D eigenvalue weighted by molar-refractivity contribution is 7.07. The first kappa shape index (κ1) is 15.4. The van der Waals surface area contributed by atoms with Crippen molar-refractivity contribution in [2.75, 3.05) is 0 Å². The molecule has 4 nitrogen and oxygen atoms in total. The lowest BCUT2D eigenvalue weighted by Crippen LogP contribution is -2.12. The Morgan fingerprint density at radius 1 is 1.04 bits per heavy atom. The number of aryl methyl sites for hydroxylation is 3. The lowest BCUT2D eigenvalue weighted by Gasteiger charge is -2.03. The molecule has 3 rings (SSSR count). The number of para-hydroxylation sites is 1. The molecule has 3 aromatic rings. The first-order chi connectivity index (χ1) is 11.1. The molecular formula is C18H18N4S. The Morgan fingerprint density at radius 2 is 1.83 bits per heavy atom. The van der Waals surface area contributed by atoms with Gasteiger partial charge >= 0.3 is 0 Å². The van der Waals surface area contributed by atoms with E-state index in [0.717, 1.165) is 33.0 Å². The fourth-order valence-corrected chi connectivity index (χ4v) is 3.06. The molecule has 0 saturated carbocycles. The van der Waals surface area contributed by atoms with Gasteiger partial charge in [-0.15, -0.1) is 11.3 Å². The van der Waals surface area contributed by atoms with Crippen molar-refractivity contribution in [3.8, 4) is 0 Å². The number of thiazole rings is 1. The molecule has 2 heterocycles. The van der Waals surface area contributed by atoms with Gasteiger partial charge in [0.1, 0.15) is 0 Å². The van der Waals surface area contributed by atoms with Crippen LogP contribution in [0.25, 0.3) is 0 Å². The Hall–Kier alpha value is -2.53. The molecule has 0 radical (unpaired) electrons. The number of nitrogens with zero attached hydrogens (tertiary/aromatic N) is 4. The molecule has 0 aliphatic rings. The van der Waals surface area contributed by atoms with Gasteiger partial charge in [0.15, 0.2) is 0 Å². The molecule has 0 atom stereocenters. The van der Waals surface area contributed by atoms with Gasteiger partial charge in [-0.1, -0.05) is 24.3 Å². The number of hydrogen-bond acceptors (Lipinski definition) is 4. The van der Waals surface area contributed by atoms with Crippen LogP contribution in [-0.4, -0.2) is 15.9 Å². The van der Waals surface area contributed by atoms with E-state index in [1.54, 1.807) is 23.7 Å². The molecule has 2 aromatic heterocycles. The molecule has 0 aliphatic carbocycles. The Balaban J connectivity index is 2.06. The van der Waals surface area contributed by atoms with Crippen LogP contribution in [0.3, 0.4) is 0 Å². The molecule has 0 aliphatic heterocycles. The number of aromatic nitrogens is 2. The van der Waals surface area contributed by atoms with Gasteiger partial charge in [0.2, 0.25) is 4.80 Å². The van der Waals surface area contributed by atoms with E-state index >= 15 is 0 Å². The van der Waals surface area contributed by atoms with Crippen molar-refractivity contribution in [3.05, 3.63) is 75.3 Å². The predicted molar refractivity (Wildman–Crippen MR) is 95.4 cm³/mol. The van der Waals surface area contributed by atoms with E-state index < -0.39 is 0 Å². The largest absolute Gasteiger partial charge is 0.255 e. The molecule has 0 amide bonds. The Bertz CT molecular complexity index is 884. The van der Waals surface area contributed by atoms with Crippen molar-refractivity contribution in [3.63, 3.8) is 0 Å². The number of rotatable bonds is 3. The zero-order valence-electron chi connectivity index (χ0n) is 13.4. The Morgan fingerprint density at radius 3 is 2.52 bits per heavy atom. The molecule has 5 heteroatoms. The second-order valence-electron chi connectivity index (χ2n) is 5.32. The monoisotopic (exact) mass is 322 g/mol. The summed E-state index contributed by atoms with van der Waals surface area (Å²) in [6.07, 6.45) is 3.51. The van der Waals surface area contributed by atoms with Crippen molar-refractivity contribution in [1.82, 2.24) is 9.66 Å². The van der Waals surface area contributed by atoms with Gasteiger partial charge in [-0.2, -0.15) is 5.10 Å². The number of hydrogen-bond donors (Lipinski definition) is 0. The van der Waals surface area contributed by atoms with Gasteiger partial charge in [0, 0.05) is 11.6 Å². The minimum absolute atomic E-state index is 0.823. The van der Waals surface area contributed by atoms with Gasteiger partial charge in [0.05, 0.1) is 23.3 Å². The number of benzene rings is 1. The Labute approximate surface area is 139 Å². The summed E-state index contributed by atoms with van der Waals surface area (Å²) >= 11 is 1.59. The number of pyridine rings is 1. The fraction of sp³-hybridized carbons (Fsp3) is 0.167. The smallest absolute Gasteiger partial charge is 0.211 e. The topological polar surface area (TPSA) is 42.5 Å². The third-order valence-electron chi connectivity index (χ3n) is 3.49. The highest BCUT2D eigenvalue weighted by atomic mass is 32.1. The maximum Gasteiger partial charge on any atom is 0.211 e. The van der Waals surface area contributed by atoms with Crippen LogP contribution in [0, 0.1) is 20.8 Å². The van der Waals surface area contributed by atoms with E-state index in [0.29, 0.717) is 0 Å². The molecule has 0 fully saturated rings. The second-order valence-corrected chi connectivity index (χ2v) is 6.16. The van der Waals surface area contributed by atoms with Crippen LogP contribution in [-0.2, 0) is 0 Å². The van der Waals surface area contributed by atoms with Gasteiger partial charge in [-0.3, -0.25) is 4.98 Å². The third kappa shape index (κ3) is 3.46. The van der Waals surface area contributed by atoms with E-state index in [-0.39, 0.29) is 0 Å². The lowest BCUT2D eigenvalue weighted by molar-refractivity contribution is 0.808. The zero-order valence-corrected chi connectivity index (χ0v) is 14.2. The van der Waals surface area contributed by atoms with E-state index in [2.05, 4.69) is 47.5 Å². The standard InChI is InChI=1S/C18H18N4S/c1-13-7-6-8-14(2)17(13)21-18-22(15(3)12-23-18)20-11-16-9-4-5-10-19-16/h4-12H,1-3H3. The van der Waals surface area contributed by atoms with Crippen molar-refractivity contribution in [2.45, 2.75) is 20.8 Å².